The Bertz CT molecular complexity index is 1630. The van der Waals surface area contributed by atoms with Crippen molar-refractivity contribution < 1.29 is 17.7 Å². The number of ether oxygens (including phenoxy) is 1. The fraction of sp³-hybridized carbons (Fsp3) is 0.174. The van der Waals surface area contributed by atoms with Crippen LogP contribution >= 0.6 is 12.4 Å². The highest BCUT2D eigenvalue weighted by Crippen LogP contribution is 2.35. The van der Waals surface area contributed by atoms with Crippen molar-refractivity contribution >= 4 is 50.1 Å². The van der Waals surface area contributed by atoms with Gasteiger partial charge in [0.25, 0.3) is 10.0 Å². The SMILES string of the molecule is COc1cc(Cn2cc(CN)cn2)cc2onc(NS(=O)(=O)c3cc(C)cc4cccnc34)c12.Cl. The average molecular weight is 515 g/mol. The van der Waals surface area contributed by atoms with E-state index in [9.17, 15) is 8.42 Å². The van der Waals surface area contributed by atoms with Gasteiger partial charge in [-0.25, -0.2) is 8.42 Å². The standard InChI is InChI=1S/C23H22N6O4S.ClH/c1-14-6-17-4-3-5-25-22(17)20(7-14)34(30,31)28-23-21-18(32-2)8-15(9-19(21)33-27-23)12-29-13-16(10-24)11-26-29;/h3-9,11,13H,10,12,24H2,1-2H3,(H,27,28);1H. The molecule has 0 amide bonds. The smallest absolute Gasteiger partial charge is 0.265 e. The molecule has 0 radical (unpaired) electrons. The number of anilines is 1. The number of methoxy groups -OCH3 is 1. The molecule has 3 N–H and O–H groups in total. The van der Waals surface area contributed by atoms with Gasteiger partial charge in [0.2, 0.25) is 0 Å². The predicted octanol–water partition coefficient (Wildman–Crippen LogP) is 3.62. The minimum atomic E-state index is -4.02. The van der Waals surface area contributed by atoms with E-state index in [2.05, 4.69) is 20.0 Å². The van der Waals surface area contributed by atoms with E-state index < -0.39 is 10.0 Å². The van der Waals surface area contributed by atoms with E-state index in [1.165, 1.54) is 7.11 Å². The predicted molar refractivity (Wildman–Crippen MR) is 134 cm³/mol. The summed E-state index contributed by atoms with van der Waals surface area (Å²) in [6.07, 6.45) is 5.13. The molecule has 0 unspecified atom stereocenters. The monoisotopic (exact) mass is 514 g/mol. The van der Waals surface area contributed by atoms with Crippen LogP contribution in [0.5, 0.6) is 5.75 Å². The molecule has 3 heterocycles. The number of sulfonamides is 1. The normalized spacial score (nSPS) is 11.5. The summed E-state index contributed by atoms with van der Waals surface area (Å²) in [4.78, 5) is 4.33. The second kappa shape index (κ2) is 9.53. The van der Waals surface area contributed by atoms with Gasteiger partial charge in [-0.15, -0.1) is 12.4 Å². The number of aromatic nitrogens is 4. The van der Waals surface area contributed by atoms with Crippen molar-refractivity contribution in [3.05, 3.63) is 71.7 Å². The first-order chi connectivity index (χ1) is 16.4. The third-order valence-electron chi connectivity index (χ3n) is 5.42. The van der Waals surface area contributed by atoms with Gasteiger partial charge in [-0.1, -0.05) is 11.2 Å². The summed E-state index contributed by atoms with van der Waals surface area (Å²) in [5, 5.41) is 9.41. The highest BCUT2D eigenvalue weighted by molar-refractivity contribution is 7.93. The molecule has 12 heteroatoms. The van der Waals surface area contributed by atoms with Crippen LogP contribution in [0.3, 0.4) is 0 Å². The Kier molecular flexibility index (Phi) is 6.66. The van der Waals surface area contributed by atoms with Gasteiger partial charge >= 0.3 is 0 Å². The molecular formula is C23H23ClN6O4S. The number of nitrogens with zero attached hydrogens (tertiary/aromatic N) is 4. The molecule has 0 bridgehead atoms. The molecule has 0 atom stereocenters. The van der Waals surface area contributed by atoms with Gasteiger partial charge in [0.15, 0.2) is 11.4 Å². The molecule has 0 saturated carbocycles. The quantitative estimate of drug-likeness (QED) is 0.336. The zero-order valence-electron chi connectivity index (χ0n) is 18.9. The molecule has 182 valence electrons. The first-order valence-electron chi connectivity index (χ1n) is 10.4. The van der Waals surface area contributed by atoms with Crippen molar-refractivity contribution in [1.82, 2.24) is 19.9 Å². The Balaban J connectivity index is 0.00000289. The molecule has 0 saturated heterocycles. The molecule has 35 heavy (non-hydrogen) atoms. The van der Waals surface area contributed by atoms with Crippen LogP contribution in [0, 0.1) is 6.92 Å². The summed E-state index contributed by atoms with van der Waals surface area (Å²) in [6.45, 7) is 2.69. The number of nitrogens with two attached hydrogens (primary N) is 1. The summed E-state index contributed by atoms with van der Waals surface area (Å²) in [7, 11) is -2.52. The summed E-state index contributed by atoms with van der Waals surface area (Å²) < 4.78 is 42.0. The number of fused-ring (bicyclic) bond motifs is 2. The van der Waals surface area contributed by atoms with Crippen LogP contribution < -0.4 is 15.2 Å². The van der Waals surface area contributed by atoms with E-state index in [-0.39, 0.29) is 23.1 Å². The van der Waals surface area contributed by atoms with Crippen LogP contribution in [0.4, 0.5) is 5.82 Å². The lowest BCUT2D eigenvalue weighted by atomic mass is 10.1. The molecule has 2 aromatic carbocycles. The van der Waals surface area contributed by atoms with E-state index in [0.717, 1.165) is 22.1 Å². The van der Waals surface area contributed by atoms with Crippen molar-refractivity contribution in [3.8, 4) is 5.75 Å². The minimum absolute atomic E-state index is 0. The van der Waals surface area contributed by atoms with E-state index in [1.54, 1.807) is 41.3 Å². The maximum atomic E-state index is 13.4. The molecular weight excluding hydrogens is 492 g/mol. The number of rotatable bonds is 7. The number of hydrogen-bond acceptors (Lipinski definition) is 8. The molecule has 0 aliphatic rings. The second-order valence-corrected chi connectivity index (χ2v) is 9.55. The molecule has 0 spiro atoms. The summed E-state index contributed by atoms with van der Waals surface area (Å²) in [6, 6.07) is 10.6. The lowest BCUT2D eigenvalue weighted by Crippen LogP contribution is -2.14. The van der Waals surface area contributed by atoms with Gasteiger partial charge in [-0.2, -0.15) is 5.10 Å². The van der Waals surface area contributed by atoms with Crippen LogP contribution in [0.15, 0.2) is 64.4 Å². The fourth-order valence-corrected chi connectivity index (χ4v) is 5.16. The zero-order chi connectivity index (χ0) is 23.9. The van der Waals surface area contributed by atoms with Crippen LogP contribution in [-0.4, -0.2) is 35.4 Å². The maximum Gasteiger partial charge on any atom is 0.265 e. The molecule has 0 aliphatic carbocycles. The Morgan fingerprint density at radius 2 is 2.03 bits per heavy atom. The van der Waals surface area contributed by atoms with Gasteiger partial charge < -0.3 is 15.0 Å². The van der Waals surface area contributed by atoms with Gasteiger partial charge in [-0.3, -0.25) is 14.4 Å². The lowest BCUT2D eigenvalue weighted by molar-refractivity contribution is 0.418. The highest BCUT2D eigenvalue weighted by atomic mass is 35.5. The van der Waals surface area contributed by atoms with Crippen molar-refractivity contribution in [2.75, 3.05) is 11.8 Å². The number of hydrogen-bond donors (Lipinski definition) is 2. The Labute approximate surface area is 207 Å². The number of aryl methyl sites for hydroxylation is 1. The third-order valence-corrected chi connectivity index (χ3v) is 6.77. The van der Waals surface area contributed by atoms with E-state index in [1.807, 2.05) is 25.3 Å². The van der Waals surface area contributed by atoms with Gasteiger partial charge in [0.1, 0.15) is 16.0 Å². The van der Waals surface area contributed by atoms with E-state index in [0.29, 0.717) is 35.3 Å². The van der Waals surface area contributed by atoms with Crippen LogP contribution in [0.1, 0.15) is 16.7 Å². The number of halogens is 1. The Morgan fingerprint density at radius 3 is 2.77 bits per heavy atom. The summed E-state index contributed by atoms with van der Waals surface area (Å²) in [5.74, 6) is 0.457. The van der Waals surface area contributed by atoms with Crippen molar-refractivity contribution in [2.45, 2.75) is 24.9 Å². The van der Waals surface area contributed by atoms with Gasteiger partial charge in [0.05, 0.1) is 25.4 Å². The second-order valence-electron chi connectivity index (χ2n) is 7.90. The first kappa shape index (κ1) is 24.5. The van der Waals surface area contributed by atoms with Crippen molar-refractivity contribution in [2.24, 2.45) is 5.73 Å². The van der Waals surface area contributed by atoms with Crippen molar-refractivity contribution in [1.29, 1.82) is 0 Å². The zero-order valence-corrected chi connectivity index (χ0v) is 20.6. The Hall–Kier alpha value is -3.67. The number of nitrogens with one attached hydrogen (secondary N) is 1. The van der Waals surface area contributed by atoms with Crippen molar-refractivity contribution in [3.63, 3.8) is 0 Å². The number of benzene rings is 2. The molecule has 3 aromatic heterocycles. The first-order valence-corrected chi connectivity index (χ1v) is 11.9. The molecule has 0 fully saturated rings. The minimum Gasteiger partial charge on any atom is -0.496 e. The van der Waals surface area contributed by atoms with E-state index >= 15 is 0 Å². The fourth-order valence-electron chi connectivity index (χ4n) is 3.89. The molecule has 0 aliphatic heterocycles. The molecule has 10 nitrogen and oxygen atoms in total. The third kappa shape index (κ3) is 4.65. The van der Waals surface area contributed by atoms with E-state index in [4.69, 9.17) is 15.0 Å². The highest BCUT2D eigenvalue weighted by Gasteiger charge is 2.24. The van der Waals surface area contributed by atoms with Crippen LogP contribution in [0.2, 0.25) is 0 Å². The average Bonchev–Trinajstić information content (AvgIpc) is 3.44. The topological polar surface area (TPSA) is 138 Å². The largest absolute Gasteiger partial charge is 0.496 e. The maximum absolute atomic E-state index is 13.4. The van der Waals surface area contributed by atoms with Gasteiger partial charge in [0, 0.05) is 29.9 Å². The van der Waals surface area contributed by atoms with Crippen LogP contribution in [0.25, 0.3) is 21.9 Å². The summed E-state index contributed by atoms with van der Waals surface area (Å²) in [5.41, 5.74) is 8.97. The summed E-state index contributed by atoms with van der Waals surface area (Å²) >= 11 is 0. The Morgan fingerprint density at radius 1 is 1.20 bits per heavy atom. The lowest BCUT2D eigenvalue weighted by Gasteiger charge is -2.11. The molecule has 5 aromatic rings. The van der Waals surface area contributed by atoms with Crippen LogP contribution in [-0.2, 0) is 23.1 Å². The number of pyridine rings is 1. The molecule has 5 rings (SSSR count). The van der Waals surface area contributed by atoms with Gasteiger partial charge in [-0.05, 0) is 48.4 Å².